The van der Waals surface area contributed by atoms with E-state index in [1.807, 2.05) is 0 Å². The molecule has 3 rings (SSSR count). The quantitative estimate of drug-likeness (QED) is 0.904. The topological polar surface area (TPSA) is 32.3 Å². The summed E-state index contributed by atoms with van der Waals surface area (Å²) in [7, 11) is 0. The molecule has 22 heavy (non-hydrogen) atoms. The molecule has 1 heterocycles. The number of hydrogen-bond donors (Lipinski definition) is 1. The lowest BCUT2D eigenvalue weighted by molar-refractivity contribution is -0.122. The van der Waals surface area contributed by atoms with E-state index in [2.05, 4.69) is 40.5 Å². The second-order valence-electron chi connectivity index (χ2n) is 6.98. The van der Waals surface area contributed by atoms with E-state index in [1.54, 1.807) is 0 Å². The van der Waals surface area contributed by atoms with Crippen LogP contribution in [0.4, 0.5) is 0 Å². The molecule has 0 bridgehead atoms. The van der Waals surface area contributed by atoms with Crippen molar-refractivity contribution in [3.8, 4) is 0 Å². The van der Waals surface area contributed by atoms with Gasteiger partial charge in [-0.3, -0.25) is 9.69 Å². The SMILES string of the molecule is O=C(CC1CCCCC1)NC1CCN(Cc2ccccc2)C1. The minimum Gasteiger partial charge on any atom is -0.352 e. The second-order valence-corrected chi connectivity index (χ2v) is 6.98. The Morgan fingerprint density at radius 3 is 2.64 bits per heavy atom. The third-order valence-electron chi connectivity index (χ3n) is 5.09. The van der Waals surface area contributed by atoms with E-state index in [-0.39, 0.29) is 5.91 Å². The van der Waals surface area contributed by atoms with Gasteiger partial charge in [0.1, 0.15) is 0 Å². The predicted molar refractivity (Wildman–Crippen MR) is 89.5 cm³/mol. The highest BCUT2D eigenvalue weighted by Gasteiger charge is 2.25. The summed E-state index contributed by atoms with van der Waals surface area (Å²) < 4.78 is 0. The second kappa shape index (κ2) is 7.77. The largest absolute Gasteiger partial charge is 0.352 e. The molecule has 1 aliphatic carbocycles. The number of amides is 1. The fourth-order valence-electron chi connectivity index (χ4n) is 3.88. The van der Waals surface area contributed by atoms with Gasteiger partial charge in [0.25, 0.3) is 0 Å². The van der Waals surface area contributed by atoms with Crippen molar-refractivity contribution < 1.29 is 4.79 Å². The third kappa shape index (κ3) is 4.57. The standard InChI is InChI=1S/C19H28N2O/c22-19(13-16-7-3-1-4-8-16)20-18-11-12-21(15-18)14-17-9-5-2-6-10-17/h2,5-6,9-10,16,18H,1,3-4,7-8,11-15H2,(H,20,22). The average Bonchev–Trinajstić information content (AvgIpc) is 2.96. The van der Waals surface area contributed by atoms with Crippen LogP contribution in [-0.4, -0.2) is 29.9 Å². The van der Waals surface area contributed by atoms with E-state index in [4.69, 9.17) is 0 Å². The first-order chi connectivity index (χ1) is 10.8. The van der Waals surface area contributed by atoms with Crippen molar-refractivity contribution in [1.82, 2.24) is 10.2 Å². The molecule has 1 saturated carbocycles. The Balaban J connectivity index is 1.39. The Kier molecular flexibility index (Phi) is 5.49. The maximum atomic E-state index is 12.2. The lowest BCUT2D eigenvalue weighted by Crippen LogP contribution is -2.37. The van der Waals surface area contributed by atoms with Crippen molar-refractivity contribution in [2.45, 2.75) is 57.5 Å². The van der Waals surface area contributed by atoms with Gasteiger partial charge >= 0.3 is 0 Å². The summed E-state index contributed by atoms with van der Waals surface area (Å²) in [5, 5.41) is 3.26. The lowest BCUT2D eigenvalue weighted by atomic mass is 9.87. The van der Waals surface area contributed by atoms with Gasteiger partial charge in [0.05, 0.1) is 0 Å². The predicted octanol–water partition coefficient (Wildman–Crippen LogP) is 3.35. The van der Waals surface area contributed by atoms with Crippen LogP contribution in [0.2, 0.25) is 0 Å². The number of nitrogens with one attached hydrogen (secondary N) is 1. The summed E-state index contributed by atoms with van der Waals surface area (Å²) in [6.07, 6.45) is 8.31. The molecule has 1 atom stereocenters. The van der Waals surface area contributed by atoms with Gasteiger partial charge in [0, 0.05) is 32.1 Å². The molecule has 1 amide bonds. The summed E-state index contributed by atoms with van der Waals surface area (Å²) >= 11 is 0. The third-order valence-corrected chi connectivity index (χ3v) is 5.09. The first-order valence-corrected chi connectivity index (χ1v) is 8.85. The minimum absolute atomic E-state index is 0.276. The monoisotopic (exact) mass is 300 g/mol. The first kappa shape index (κ1) is 15.5. The van der Waals surface area contributed by atoms with Crippen LogP contribution >= 0.6 is 0 Å². The zero-order valence-electron chi connectivity index (χ0n) is 13.5. The van der Waals surface area contributed by atoms with Crippen LogP contribution in [-0.2, 0) is 11.3 Å². The van der Waals surface area contributed by atoms with E-state index in [0.717, 1.165) is 32.5 Å². The highest BCUT2D eigenvalue weighted by molar-refractivity contribution is 5.76. The Morgan fingerprint density at radius 1 is 1.09 bits per heavy atom. The molecule has 2 fully saturated rings. The molecule has 2 aliphatic rings. The van der Waals surface area contributed by atoms with E-state index in [1.165, 1.54) is 37.7 Å². The number of nitrogens with zero attached hydrogens (tertiary/aromatic N) is 1. The van der Waals surface area contributed by atoms with Crippen molar-refractivity contribution in [2.24, 2.45) is 5.92 Å². The molecule has 1 aromatic rings. The number of carbonyl (C=O) groups excluding carboxylic acids is 1. The first-order valence-electron chi connectivity index (χ1n) is 8.85. The molecule has 0 radical (unpaired) electrons. The summed E-state index contributed by atoms with van der Waals surface area (Å²) in [5.41, 5.74) is 1.36. The molecule has 1 aliphatic heterocycles. The maximum Gasteiger partial charge on any atom is 0.220 e. The number of carbonyl (C=O) groups is 1. The van der Waals surface area contributed by atoms with E-state index in [9.17, 15) is 4.79 Å². The van der Waals surface area contributed by atoms with Crippen LogP contribution in [0.5, 0.6) is 0 Å². The maximum absolute atomic E-state index is 12.2. The summed E-state index contributed by atoms with van der Waals surface area (Å²) in [6, 6.07) is 10.9. The molecular weight excluding hydrogens is 272 g/mol. The average molecular weight is 300 g/mol. The van der Waals surface area contributed by atoms with Crippen LogP contribution in [0.1, 0.15) is 50.5 Å². The zero-order chi connectivity index (χ0) is 15.2. The molecule has 0 aromatic heterocycles. The molecule has 120 valence electrons. The van der Waals surface area contributed by atoms with Gasteiger partial charge in [-0.1, -0.05) is 49.6 Å². The fraction of sp³-hybridized carbons (Fsp3) is 0.632. The molecule has 1 unspecified atom stereocenters. The van der Waals surface area contributed by atoms with Gasteiger partial charge in [-0.25, -0.2) is 0 Å². The highest BCUT2D eigenvalue weighted by atomic mass is 16.1. The van der Waals surface area contributed by atoms with Crippen molar-refractivity contribution in [3.05, 3.63) is 35.9 Å². The normalized spacial score (nSPS) is 23.5. The Hall–Kier alpha value is -1.35. The number of rotatable bonds is 5. The van der Waals surface area contributed by atoms with Crippen LogP contribution in [0.15, 0.2) is 30.3 Å². The van der Waals surface area contributed by atoms with Gasteiger partial charge in [-0.05, 0) is 30.7 Å². The van der Waals surface area contributed by atoms with Gasteiger partial charge in [0.15, 0.2) is 0 Å². The fourth-order valence-corrected chi connectivity index (χ4v) is 3.88. The molecule has 0 spiro atoms. The van der Waals surface area contributed by atoms with E-state index < -0.39 is 0 Å². The lowest BCUT2D eigenvalue weighted by Gasteiger charge is -2.22. The molecule has 3 heteroatoms. The van der Waals surface area contributed by atoms with Crippen molar-refractivity contribution >= 4 is 5.91 Å². The summed E-state index contributed by atoms with van der Waals surface area (Å²) in [4.78, 5) is 14.6. The number of benzene rings is 1. The van der Waals surface area contributed by atoms with E-state index >= 15 is 0 Å². The Bertz CT molecular complexity index is 468. The van der Waals surface area contributed by atoms with Crippen LogP contribution in [0.3, 0.4) is 0 Å². The van der Waals surface area contributed by atoms with Gasteiger partial charge in [-0.15, -0.1) is 0 Å². The van der Waals surface area contributed by atoms with Crippen LogP contribution in [0.25, 0.3) is 0 Å². The van der Waals surface area contributed by atoms with Crippen molar-refractivity contribution in [3.63, 3.8) is 0 Å². The molecule has 3 nitrogen and oxygen atoms in total. The number of hydrogen-bond acceptors (Lipinski definition) is 2. The Labute approximate surface area is 134 Å². The smallest absolute Gasteiger partial charge is 0.220 e. The van der Waals surface area contributed by atoms with Crippen LogP contribution < -0.4 is 5.32 Å². The molecule has 1 saturated heterocycles. The molecule has 1 N–H and O–H groups in total. The zero-order valence-corrected chi connectivity index (χ0v) is 13.5. The van der Waals surface area contributed by atoms with Gasteiger partial charge < -0.3 is 5.32 Å². The molecule has 1 aromatic carbocycles. The highest BCUT2D eigenvalue weighted by Crippen LogP contribution is 2.26. The van der Waals surface area contributed by atoms with Crippen LogP contribution in [0, 0.1) is 5.92 Å². The summed E-state index contributed by atoms with van der Waals surface area (Å²) in [5.74, 6) is 0.911. The van der Waals surface area contributed by atoms with Crippen molar-refractivity contribution in [1.29, 1.82) is 0 Å². The van der Waals surface area contributed by atoms with E-state index in [0.29, 0.717) is 12.0 Å². The summed E-state index contributed by atoms with van der Waals surface area (Å²) in [6.45, 7) is 3.07. The Morgan fingerprint density at radius 2 is 1.86 bits per heavy atom. The van der Waals surface area contributed by atoms with Crippen molar-refractivity contribution in [2.75, 3.05) is 13.1 Å². The van der Waals surface area contributed by atoms with Gasteiger partial charge in [-0.2, -0.15) is 0 Å². The van der Waals surface area contributed by atoms with Gasteiger partial charge in [0.2, 0.25) is 5.91 Å². The number of likely N-dealkylation sites (tertiary alicyclic amines) is 1. The minimum atomic E-state index is 0.276. The molecular formula is C19H28N2O.